The van der Waals surface area contributed by atoms with Crippen molar-refractivity contribution in [1.29, 1.82) is 0 Å². The van der Waals surface area contributed by atoms with Crippen LogP contribution in [0.3, 0.4) is 0 Å². The summed E-state index contributed by atoms with van der Waals surface area (Å²) >= 11 is 0. The number of hydrogen-bond donors (Lipinski definition) is 0. The van der Waals surface area contributed by atoms with Crippen molar-refractivity contribution in [2.24, 2.45) is 0 Å². The molecule has 1 aliphatic heterocycles. The lowest BCUT2D eigenvalue weighted by Crippen LogP contribution is -2.50. The molecule has 1 aromatic carbocycles. The highest BCUT2D eigenvalue weighted by Crippen LogP contribution is 2.23. The molecular weight excluding hydrogens is 332 g/mol. The normalized spacial score (nSPS) is 14.9. The van der Waals surface area contributed by atoms with Crippen molar-refractivity contribution in [3.8, 4) is 5.75 Å². The minimum absolute atomic E-state index is 0.0965. The number of benzene rings is 1. The van der Waals surface area contributed by atoms with Crippen LogP contribution in [-0.4, -0.2) is 57.4 Å². The summed E-state index contributed by atoms with van der Waals surface area (Å²) in [6.07, 6.45) is 1.58. The maximum atomic E-state index is 12.7. The first kappa shape index (κ1) is 16.3. The minimum Gasteiger partial charge on any atom is -0.497 e. The van der Waals surface area contributed by atoms with Crippen molar-refractivity contribution >= 4 is 17.2 Å². The first-order chi connectivity index (χ1) is 12.6. The van der Waals surface area contributed by atoms with Gasteiger partial charge in [0.15, 0.2) is 0 Å². The summed E-state index contributed by atoms with van der Waals surface area (Å²) in [7, 11) is 1.64. The number of amides is 1. The second kappa shape index (κ2) is 6.62. The van der Waals surface area contributed by atoms with Crippen LogP contribution in [0.4, 0.5) is 5.69 Å². The molecule has 1 fully saturated rings. The number of piperazine rings is 1. The first-order valence-corrected chi connectivity index (χ1v) is 8.47. The smallest absolute Gasteiger partial charge is 0.242 e. The summed E-state index contributed by atoms with van der Waals surface area (Å²) in [5.74, 6) is 0.912. The minimum atomic E-state index is 0.0965. The monoisotopic (exact) mass is 352 g/mol. The fraction of sp³-hybridized carbons (Fsp3) is 0.333. The zero-order valence-electron chi connectivity index (χ0n) is 14.8. The van der Waals surface area contributed by atoms with Crippen molar-refractivity contribution in [2.75, 3.05) is 31.6 Å². The van der Waals surface area contributed by atoms with Crippen LogP contribution in [0.2, 0.25) is 0 Å². The lowest BCUT2D eigenvalue weighted by atomic mass is 10.2. The van der Waals surface area contributed by atoms with E-state index in [4.69, 9.17) is 4.74 Å². The van der Waals surface area contributed by atoms with Gasteiger partial charge in [0, 0.05) is 19.6 Å². The molecule has 1 saturated heterocycles. The Hall–Kier alpha value is -3.16. The van der Waals surface area contributed by atoms with E-state index >= 15 is 0 Å². The average molecular weight is 352 g/mol. The molecule has 0 spiro atoms. The van der Waals surface area contributed by atoms with Crippen LogP contribution in [0.5, 0.6) is 5.75 Å². The van der Waals surface area contributed by atoms with E-state index in [9.17, 15) is 4.79 Å². The molecule has 3 aromatic rings. The number of aromatic nitrogens is 4. The highest BCUT2D eigenvalue weighted by molar-refractivity contribution is 5.84. The van der Waals surface area contributed by atoms with Crippen molar-refractivity contribution in [3.05, 3.63) is 47.9 Å². The maximum absolute atomic E-state index is 12.7. The van der Waals surface area contributed by atoms with E-state index in [0.29, 0.717) is 25.3 Å². The SMILES string of the molecule is COc1ccc(CN2CCN(c3cc(C)nn4cnnc34)CC2=O)cc1. The van der Waals surface area contributed by atoms with Crippen LogP contribution in [0.1, 0.15) is 11.3 Å². The summed E-state index contributed by atoms with van der Waals surface area (Å²) in [5, 5.41) is 12.4. The van der Waals surface area contributed by atoms with Gasteiger partial charge < -0.3 is 14.5 Å². The zero-order valence-corrected chi connectivity index (χ0v) is 14.8. The van der Waals surface area contributed by atoms with Gasteiger partial charge >= 0.3 is 0 Å². The van der Waals surface area contributed by atoms with Crippen molar-refractivity contribution < 1.29 is 9.53 Å². The quantitative estimate of drug-likeness (QED) is 0.704. The lowest BCUT2D eigenvalue weighted by Gasteiger charge is -2.35. The number of nitrogens with zero attached hydrogens (tertiary/aromatic N) is 6. The van der Waals surface area contributed by atoms with Crippen LogP contribution in [0, 0.1) is 6.92 Å². The Kier molecular flexibility index (Phi) is 4.16. The van der Waals surface area contributed by atoms with Crippen LogP contribution in [0.25, 0.3) is 5.65 Å². The molecule has 0 bridgehead atoms. The fourth-order valence-electron chi connectivity index (χ4n) is 3.20. The number of rotatable bonds is 4. The number of methoxy groups -OCH3 is 1. The molecule has 0 radical (unpaired) electrons. The zero-order chi connectivity index (χ0) is 18.1. The summed E-state index contributed by atoms with van der Waals surface area (Å²) in [6.45, 7) is 4.25. The molecule has 0 atom stereocenters. The van der Waals surface area contributed by atoms with Crippen molar-refractivity contribution in [2.45, 2.75) is 13.5 Å². The molecular formula is C18H20N6O2. The predicted molar refractivity (Wildman–Crippen MR) is 96.1 cm³/mol. The highest BCUT2D eigenvalue weighted by atomic mass is 16.5. The summed E-state index contributed by atoms with van der Waals surface area (Å²) < 4.78 is 6.83. The number of hydrogen-bond acceptors (Lipinski definition) is 6. The molecule has 4 rings (SSSR count). The Balaban J connectivity index is 1.49. The number of carbonyl (C=O) groups is 1. The van der Waals surface area contributed by atoms with Gasteiger partial charge in [-0.15, -0.1) is 10.2 Å². The third-order valence-electron chi connectivity index (χ3n) is 4.56. The standard InChI is InChI=1S/C18H20N6O2/c1-13-9-16(18-20-19-12-24(18)21-13)22-7-8-23(17(25)11-22)10-14-3-5-15(26-2)6-4-14/h3-6,9,12H,7-8,10-11H2,1-2H3. The van der Waals surface area contributed by atoms with E-state index in [-0.39, 0.29) is 5.91 Å². The highest BCUT2D eigenvalue weighted by Gasteiger charge is 2.26. The molecule has 134 valence electrons. The van der Waals surface area contributed by atoms with Crippen LogP contribution < -0.4 is 9.64 Å². The number of carbonyl (C=O) groups excluding carboxylic acids is 1. The number of anilines is 1. The van der Waals surface area contributed by atoms with E-state index in [1.807, 2.05) is 47.1 Å². The molecule has 0 saturated carbocycles. The van der Waals surface area contributed by atoms with Crippen LogP contribution >= 0.6 is 0 Å². The summed E-state index contributed by atoms with van der Waals surface area (Å²) in [4.78, 5) is 16.6. The number of fused-ring (bicyclic) bond motifs is 1. The first-order valence-electron chi connectivity index (χ1n) is 8.47. The molecule has 26 heavy (non-hydrogen) atoms. The fourth-order valence-corrected chi connectivity index (χ4v) is 3.20. The van der Waals surface area contributed by atoms with E-state index in [1.165, 1.54) is 0 Å². The molecule has 1 aliphatic rings. The Morgan fingerprint density at radius 1 is 1.19 bits per heavy atom. The predicted octanol–water partition coefficient (Wildman–Crippen LogP) is 1.29. The Labute approximate surface area is 151 Å². The van der Waals surface area contributed by atoms with Gasteiger partial charge in [0.25, 0.3) is 0 Å². The third kappa shape index (κ3) is 3.05. The van der Waals surface area contributed by atoms with Gasteiger partial charge in [-0.1, -0.05) is 12.1 Å². The maximum Gasteiger partial charge on any atom is 0.242 e. The second-order valence-corrected chi connectivity index (χ2v) is 6.35. The van der Waals surface area contributed by atoms with Gasteiger partial charge in [-0.2, -0.15) is 9.61 Å². The van der Waals surface area contributed by atoms with Crippen molar-refractivity contribution in [3.63, 3.8) is 0 Å². The topological polar surface area (TPSA) is 75.9 Å². The molecule has 3 heterocycles. The van der Waals surface area contributed by atoms with E-state index < -0.39 is 0 Å². The molecule has 0 aliphatic carbocycles. The number of ether oxygens (including phenoxy) is 1. The molecule has 2 aromatic heterocycles. The molecule has 1 amide bonds. The number of aryl methyl sites for hydroxylation is 1. The molecule has 8 nitrogen and oxygen atoms in total. The van der Waals surface area contributed by atoms with Crippen molar-refractivity contribution in [1.82, 2.24) is 24.7 Å². The van der Waals surface area contributed by atoms with Gasteiger partial charge in [-0.25, -0.2) is 0 Å². The Bertz CT molecular complexity index is 937. The van der Waals surface area contributed by atoms with Crippen LogP contribution in [-0.2, 0) is 11.3 Å². The van der Waals surface area contributed by atoms with Gasteiger partial charge in [-0.3, -0.25) is 4.79 Å². The Morgan fingerprint density at radius 3 is 2.73 bits per heavy atom. The molecule has 0 N–H and O–H groups in total. The van der Waals surface area contributed by atoms with Gasteiger partial charge in [0.2, 0.25) is 11.6 Å². The van der Waals surface area contributed by atoms with E-state index in [1.54, 1.807) is 18.0 Å². The van der Waals surface area contributed by atoms with Crippen LogP contribution in [0.15, 0.2) is 36.7 Å². The average Bonchev–Trinajstić information content (AvgIpc) is 3.11. The second-order valence-electron chi connectivity index (χ2n) is 6.35. The lowest BCUT2D eigenvalue weighted by molar-refractivity contribution is -0.131. The summed E-state index contributed by atoms with van der Waals surface area (Å²) in [5.41, 5.74) is 3.52. The van der Waals surface area contributed by atoms with Gasteiger partial charge in [-0.05, 0) is 30.7 Å². The van der Waals surface area contributed by atoms with Gasteiger partial charge in [0.1, 0.15) is 12.1 Å². The van der Waals surface area contributed by atoms with E-state index in [0.717, 1.165) is 29.2 Å². The molecule has 0 unspecified atom stereocenters. The van der Waals surface area contributed by atoms with Gasteiger partial charge in [0.05, 0.1) is 25.0 Å². The summed E-state index contributed by atoms with van der Waals surface area (Å²) in [6, 6.07) is 9.76. The third-order valence-corrected chi connectivity index (χ3v) is 4.56. The Morgan fingerprint density at radius 2 is 2.00 bits per heavy atom. The largest absolute Gasteiger partial charge is 0.497 e. The van der Waals surface area contributed by atoms with E-state index in [2.05, 4.69) is 15.3 Å². The molecule has 8 heteroatoms.